The van der Waals surface area contributed by atoms with Crippen molar-refractivity contribution in [2.45, 2.75) is 37.8 Å². The van der Waals surface area contributed by atoms with Crippen molar-refractivity contribution in [2.24, 2.45) is 0 Å². The lowest BCUT2D eigenvalue weighted by Gasteiger charge is -2.19. The number of benzene rings is 1. The van der Waals surface area contributed by atoms with Crippen LogP contribution in [0.3, 0.4) is 0 Å². The molecular weight excluding hydrogens is 378 g/mol. The molecule has 0 aliphatic carbocycles. The Morgan fingerprint density at radius 3 is 2.81 bits per heavy atom. The summed E-state index contributed by atoms with van der Waals surface area (Å²) in [5.74, 6) is 0.352. The lowest BCUT2D eigenvalue weighted by atomic mass is 10.2. The molecule has 0 spiro atoms. The second-order valence-electron chi connectivity index (χ2n) is 6.07. The maximum Gasteiger partial charge on any atom is 0.239 e. The summed E-state index contributed by atoms with van der Waals surface area (Å²) < 4.78 is 0. The zero-order chi connectivity index (χ0) is 18.9. The molecule has 0 saturated heterocycles. The normalized spacial score (nSPS) is 10.9. The molecule has 0 bridgehead atoms. The first-order valence-electron chi connectivity index (χ1n) is 9.07. The van der Waals surface area contributed by atoms with Gasteiger partial charge in [-0.3, -0.25) is 14.8 Å². The van der Waals surface area contributed by atoms with Crippen LogP contribution in [-0.2, 0) is 4.79 Å². The third-order valence-corrected chi connectivity index (χ3v) is 5.78. The Kier molecular flexibility index (Phi) is 7.41. The first-order valence-corrected chi connectivity index (χ1v) is 10.9. The van der Waals surface area contributed by atoms with Crippen LogP contribution in [0.25, 0.3) is 11.3 Å². The summed E-state index contributed by atoms with van der Waals surface area (Å²) in [5, 5.41) is 10.0. The third-order valence-electron chi connectivity index (χ3n) is 4.05. The van der Waals surface area contributed by atoms with E-state index in [4.69, 9.17) is 4.98 Å². The summed E-state index contributed by atoms with van der Waals surface area (Å²) in [6.45, 7) is 2.88. The Morgan fingerprint density at radius 2 is 2.07 bits per heavy atom. The van der Waals surface area contributed by atoms with Gasteiger partial charge in [0, 0.05) is 17.5 Å². The molecule has 6 nitrogen and oxygen atoms in total. The van der Waals surface area contributed by atoms with Gasteiger partial charge in [0.1, 0.15) is 6.33 Å². The zero-order valence-electron chi connectivity index (χ0n) is 15.3. The molecule has 0 saturated carbocycles. The third kappa shape index (κ3) is 5.64. The molecule has 2 aromatic heterocycles. The number of hydrogen-bond acceptors (Lipinski definition) is 6. The number of unbranched alkanes of at least 4 members (excludes halogenated alkanes) is 3. The molecule has 0 fully saturated rings. The van der Waals surface area contributed by atoms with E-state index in [0.29, 0.717) is 17.5 Å². The largest absolute Gasteiger partial charge is 0.287 e. The minimum absolute atomic E-state index is 0.0434. The Labute approximate surface area is 167 Å². The fourth-order valence-electron chi connectivity index (χ4n) is 2.63. The monoisotopic (exact) mass is 401 g/mol. The Balaban J connectivity index is 1.70. The lowest BCUT2D eigenvalue weighted by molar-refractivity contribution is -0.116. The molecule has 8 heteroatoms. The van der Waals surface area contributed by atoms with Crippen LogP contribution in [0.4, 0.5) is 5.13 Å². The van der Waals surface area contributed by atoms with Crippen molar-refractivity contribution in [1.29, 1.82) is 0 Å². The second-order valence-corrected chi connectivity index (χ2v) is 7.87. The number of carbonyl (C=O) groups is 1. The molecular formula is C19H23N5OS2. The number of carbonyl (C=O) groups excluding carboxylic acids is 1. The number of thioether (sulfide) groups is 1. The summed E-state index contributed by atoms with van der Waals surface area (Å²) in [5.41, 5.74) is 1.97. The van der Waals surface area contributed by atoms with Gasteiger partial charge in [0.2, 0.25) is 5.91 Å². The minimum Gasteiger partial charge on any atom is -0.287 e. The number of aromatic nitrogens is 4. The smallest absolute Gasteiger partial charge is 0.239 e. The molecule has 1 N–H and O–H groups in total. The number of rotatable bonds is 10. The van der Waals surface area contributed by atoms with Gasteiger partial charge in [-0.05, 0) is 6.42 Å². The highest BCUT2D eigenvalue weighted by atomic mass is 32.2. The van der Waals surface area contributed by atoms with Crippen LogP contribution in [0.1, 0.15) is 32.6 Å². The Bertz CT molecular complexity index is 820. The van der Waals surface area contributed by atoms with Gasteiger partial charge in [-0.15, -0.1) is 11.3 Å². The van der Waals surface area contributed by atoms with Crippen LogP contribution < -0.4 is 4.90 Å². The van der Waals surface area contributed by atoms with Crippen LogP contribution in [0.2, 0.25) is 0 Å². The molecule has 0 aliphatic heterocycles. The fraction of sp³-hybridized carbons (Fsp3) is 0.368. The van der Waals surface area contributed by atoms with Gasteiger partial charge in [0.05, 0.1) is 11.4 Å². The van der Waals surface area contributed by atoms with Crippen molar-refractivity contribution >= 4 is 34.1 Å². The van der Waals surface area contributed by atoms with Crippen LogP contribution in [0, 0.1) is 0 Å². The predicted molar refractivity (Wildman–Crippen MR) is 111 cm³/mol. The Morgan fingerprint density at radius 1 is 1.22 bits per heavy atom. The molecule has 3 aromatic rings. The van der Waals surface area contributed by atoms with E-state index in [1.807, 2.05) is 40.6 Å². The van der Waals surface area contributed by atoms with E-state index in [-0.39, 0.29) is 5.91 Å². The van der Waals surface area contributed by atoms with Crippen LogP contribution in [-0.4, -0.2) is 38.4 Å². The van der Waals surface area contributed by atoms with Gasteiger partial charge in [-0.1, -0.05) is 68.3 Å². The number of amides is 1. The summed E-state index contributed by atoms with van der Waals surface area (Å²) in [4.78, 5) is 23.5. The summed E-state index contributed by atoms with van der Waals surface area (Å²) in [6.07, 6.45) is 5.90. The maximum absolute atomic E-state index is 12.9. The maximum atomic E-state index is 12.9. The van der Waals surface area contributed by atoms with Crippen molar-refractivity contribution in [3.63, 3.8) is 0 Å². The minimum atomic E-state index is 0.0434. The Hall–Kier alpha value is -2.19. The number of nitrogens with zero attached hydrogens (tertiary/aromatic N) is 4. The predicted octanol–water partition coefficient (Wildman–Crippen LogP) is 4.63. The highest BCUT2D eigenvalue weighted by molar-refractivity contribution is 7.99. The van der Waals surface area contributed by atoms with E-state index in [9.17, 15) is 4.79 Å². The summed E-state index contributed by atoms with van der Waals surface area (Å²) >= 11 is 2.88. The molecule has 1 aromatic carbocycles. The fourth-order valence-corrected chi connectivity index (χ4v) is 4.16. The van der Waals surface area contributed by atoms with Crippen LogP contribution in [0.5, 0.6) is 0 Å². The van der Waals surface area contributed by atoms with Gasteiger partial charge in [-0.2, -0.15) is 5.10 Å². The van der Waals surface area contributed by atoms with Gasteiger partial charge in [-0.25, -0.2) is 9.97 Å². The molecule has 3 rings (SSSR count). The number of thiazole rings is 1. The molecule has 2 heterocycles. The number of anilines is 1. The highest BCUT2D eigenvalue weighted by Gasteiger charge is 2.20. The van der Waals surface area contributed by atoms with Crippen molar-refractivity contribution in [2.75, 3.05) is 17.2 Å². The molecule has 1 amide bonds. The lowest BCUT2D eigenvalue weighted by Crippen LogP contribution is -2.33. The van der Waals surface area contributed by atoms with Gasteiger partial charge >= 0.3 is 0 Å². The first-order chi connectivity index (χ1) is 13.3. The van der Waals surface area contributed by atoms with Crippen molar-refractivity contribution < 1.29 is 4.79 Å². The van der Waals surface area contributed by atoms with Gasteiger partial charge in [0.15, 0.2) is 10.3 Å². The second kappa shape index (κ2) is 10.2. The SMILES string of the molecule is CCCCCCN(C(=O)CSc1ncn[nH]1)c1nc(-c2ccccc2)cs1. The topological polar surface area (TPSA) is 74.8 Å². The van der Waals surface area contributed by atoms with Crippen LogP contribution in [0.15, 0.2) is 47.2 Å². The number of aromatic amines is 1. The van der Waals surface area contributed by atoms with E-state index in [1.54, 1.807) is 0 Å². The summed E-state index contributed by atoms with van der Waals surface area (Å²) in [7, 11) is 0. The van der Waals surface area contributed by atoms with E-state index >= 15 is 0 Å². The first kappa shape index (κ1) is 19.6. The average molecular weight is 402 g/mol. The van der Waals surface area contributed by atoms with E-state index in [2.05, 4.69) is 22.1 Å². The molecule has 0 atom stereocenters. The molecule has 27 heavy (non-hydrogen) atoms. The van der Waals surface area contributed by atoms with Crippen molar-refractivity contribution in [3.8, 4) is 11.3 Å². The molecule has 0 radical (unpaired) electrons. The average Bonchev–Trinajstić information content (AvgIpc) is 3.39. The van der Waals surface area contributed by atoms with Crippen molar-refractivity contribution in [3.05, 3.63) is 42.0 Å². The molecule has 0 aliphatic rings. The number of H-pyrrole nitrogens is 1. The molecule has 142 valence electrons. The van der Waals surface area contributed by atoms with E-state index < -0.39 is 0 Å². The van der Waals surface area contributed by atoms with Crippen LogP contribution >= 0.6 is 23.1 Å². The molecule has 0 unspecified atom stereocenters. The standard InChI is InChI=1S/C19H23N5OS2/c1-2-3-4-8-11-24(17(25)13-26-18-20-14-21-23-18)19-22-16(12-27-19)15-9-6-5-7-10-15/h5-7,9-10,12,14H,2-4,8,11,13H2,1H3,(H,20,21,23). The van der Waals surface area contributed by atoms with E-state index in [0.717, 1.165) is 29.2 Å². The van der Waals surface area contributed by atoms with Gasteiger partial charge < -0.3 is 0 Å². The quantitative estimate of drug-likeness (QED) is 0.396. The number of hydrogen-bond donors (Lipinski definition) is 1. The van der Waals surface area contributed by atoms with E-state index in [1.165, 1.54) is 42.3 Å². The van der Waals surface area contributed by atoms with Crippen molar-refractivity contribution in [1.82, 2.24) is 20.2 Å². The number of nitrogens with one attached hydrogen (secondary N) is 1. The van der Waals surface area contributed by atoms with Gasteiger partial charge in [0.25, 0.3) is 0 Å². The highest BCUT2D eigenvalue weighted by Crippen LogP contribution is 2.28. The summed E-state index contributed by atoms with van der Waals surface area (Å²) in [6, 6.07) is 10.0. The zero-order valence-corrected chi connectivity index (χ0v) is 16.9.